The maximum absolute atomic E-state index is 12.1. The van der Waals surface area contributed by atoms with E-state index in [1.807, 2.05) is 33.8 Å². The van der Waals surface area contributed by atoms with Gasteiger partial charge in [0.1, 0.15) is 0 Å². The number of methoxy groups -OCH3 is 1. The lowest BCUT2D eigenvalue weighted by Crippen LogP contribution is -2.08. The van der Waals surface area contributed by atoms with Gasteiger partial charge in [-0.15, -0.1) is 10.2 Å². The Balaban J connectivity index is 0.000000191. The average molecular weight is 702 g/mol. The third-order valence-electron chi connectivity index (χ3n) is 7.06. The number of carbonyl (C=O) groups excluding carboxylic acids is 1. The minimum absolute atomic E-state index is 0.0885. The van der Waals surface area contributed by atoms with E-state index in [0.29, 0.717) is 55.6 Å². The van der Waals surface area contributed by atoms with E-state index in [1.54, 1.807) is 59.4 Å². The molecule has 0 amide bonds. The summed E-state index contributed by atoms with van der Waals surface area (Å²) in [6, 6.07) is 17.1. The van der Waals surface area contributed by atoms with E-state index in [4.69, 9.17) is 27.9 Å². The number of esters is 1. The van der Waals surface area contributed by atoms with Gasteiger partial charge in [0.15, 0.2) is 11.6 Å². The van der Waals surface area contributed by atoms with Gasteiger partial charge >= 0.3 is 11.9 Å². The van der Waals surface area contributed by atoms with E-state index in [1.165, 1.54) is 24.1 Å². The van der Waals surface area contributed by atoms with Crippen molar-refractivity contribution in [2.45, 2.75) is 39.5 Å². The molecule has 1 N–H and O–H groups in total. The zero-order valence-corrected chi connectivity index (χ0v) is 28.5. The highest BCUT2D eigenvalue weighted by atomic mass is 35.5. The van der Waals surface area contributed by atoms with Crippen LogP contribution in [0.5, 0.6) is 0 Å². The Morgan fingerprint density at radius 1 is 0.694 bits per heavy atom. The molecule has 2 aromatic carbocycles. The van der Waals surface area contributed by atoms with Gasteiger partial charge in [-0.25, -0.2) is 9.59 Å². The lowest BCUT2D eigenvalue weighted by molar-refractivity contribution is 0.0599. The fourth-order valence-electron chi connectivity index (χ4n) is 4.69. The maximum Gasteiger partial charge on any atom is 0.337 e. The molecular weight excluding hydrogens is 671 g/mol. The predicted molar refractivity (Wildman–Crippen MR) is 181 cm³/mol. The number of halogens is 2. The van der Waals surface area contributed by atoms with Gasteiger partial charge in [0, 0.05) is 35.4 Å². The number of carbonyl (C=O) groups is 2. The molecule has 0 bridgehead atoms. The van der Waals surface area contributed by atoms with Gasteiger partial charge in [-0.2, -0.15) is 9.36 Å². The van der Waals surface area contributed by atoms with E-state index >= 15 is 0 Å². The molecule has 0 spiro atoms. The molecule has 6 aromatic rings. The first-order chi connectivity index (χ1) is 23.4. The van der Waals surface area contributed by atoms with Gasteiger partial charge in [0.2, 0.25) is 0 Å². The molecule has 250 valence electrons. The molecule has 0 aliphatic carbocycles. The van der Waals surface area contributed by atoms with Gasteiger partial charge in [0.05, 0.1) is 51.0 Å². The number of nitrogens with zero attached hydrogens (tertiary/aromatic N) is 10. The molecule has 0 radical (unpaired) electrons. The number of tetrazole rings is 2. The molecule has 6 rings (SSSR count). The highest BCUT2D eigenvalue weighted by molar-refractivity contribution is 6.30. The van der Waals surface area contributed by atoms with Crippen molar-refractivity contribution in [3.05, 3.63) is 106 Å². The normalized spacial score (nSPS) is 11.0. The number of hydrogen-bond acceptors (Lipinski definition) is 11. The van der Waals surface area contributed by atoms with Crippen molar-refractivity contribution in [1.82, 2.24) is 50.4 Å². The minimum Gasteiger partial charge on any atom is -0.478 e. The van der Waals surface area contributed by atoms with Gasteiger partial charge in [0.25, 0.3) is 0 Å². The standard InChI is InChI=1S/C17H16ClN5O2.C16H14ClN5O2/c1-10(2)16-20-21-22-23(16)14-7-11(6-12(8-14)17(24)25-3)15-5-4-13(18)9-19-15;1-9(2)15-19-20-21-22(15)13-6-10(5-11(7-13)16(23)24)14-4-3-12(17)8-18-14/h4-10H,1-3H3;3-9H,1-2H3,(H,23,24). The summed E-state index contributed by atoms with van der Waals surface area (Å²) in [4.78, 5) is 32.1. The number of carboxylic acid groups (broad SMARTS) is 1. The molecule has 0 fully saturated rings. The lowest BCUT2D eigenvalue weighted by Gasteiger charge is -2.11. The Labute approximate surface area is 290 Å². The van der Waals surface area contributed by atoms with Crippen LogP contribution in [-0.2, 0) is 4.74 Å². The van der Waals surface area contributed by atoms with Crippen LogP contribution in [0.1, 0.15) is 71.9 Å². The third kappa shape index (κ3) is 8.11. The first-order valence-corrected chi connectivity index (χ1v) is 15.6. The molecule has 14 nitrogen and oxygen atoms in total. The number of aromatic nitrogens is 10. The molecule has 4 heterocycles. The van der Waals surface area contributed by atoms with Crippen LogP contribution in [0.4, 0.5) is 0 Å². The van der Waals surface area contributed by atoms with Crippen LogP contribution in [0.2, 0.25) is 10.0 Å². The molecule has 0 atom stereocenters. The third-order valence-corrected chi connectivity index (χ3v) is 7.51. The average Bonchev–Trinajstić information content (AvgIpc) is 3.80. The first-order valence-electron chi connectivity index (χ1n) is 14.9. The second-order valence-corrected chi connectivity index (χ2v) is 12.1. The molecular formula is C33H30Cl2N10O4. The Kier molecular flexibility index (Phi) is 10.7. The van der Waals surface area contributed by atoms with Gasteiger partial charge in [-0.1, -0.05) is 50.9 Å². The smallest absolute Gasteiger partial charge is 0.337 e. The summed E-state index contributed by atoms with van der Waals surface area (Å²) in [5, 5.41) is 34.0. The van der Waals surface area contributed by atoms with Crippen molar-refractivity contribution in [2.24, 2.45) is 0 Å². The van der Waals surface area contributed by atoms with Gasteiger partial charge in [-0.3, -0.25) is 9.97 Å². The Morgan fingerprint density at radius 3 is 1.53 bits per heavy atom. The SMILES string of the molecule is CC(C)c1nnnn1-c1cc(C(=O)O)cc(-c2ccc(Cl)cn2)c1.COC(=O)c1cc(-c2ccc(Cl)cn2)cc(-n2nnnc2C(C)C)c1. The molecule has 0 saturated heterocycles. The van der Waals surface area contributed by atoms with Crippen LogP contribution in [0.25, 0.3) is 33.9 Å². The Bertz CT molecular complexity index is 2100. The molecule has 49 heavy (non-hydrogen) atoms. The summed E-state index contributed by atoms with van der Waals surface area (Å²) >= 11 is 11.8. The van der Waals surface area contributed by atoms with Crippen molar-refractivity contribution >= 4 is 35.1 Å². The molecule has 0 unspecified atom stereocenters. The lowest BCUT2D eigenvalue weighted by atomic mass is 10.1. The number of carboxylic acids is 1. The number of rotatable bonds is 8. The van der Waals surface area contributed by atoms with Gasteiger partial charge < -0.3 is 9.84 Å². The predicted octanol–water partition coefficient (Wildman–Crippen LogP) is 6.49. The van der Waals surface area contributed by atoms with E-state index in [0.717, 1.165) is 5.56 Å². The second kappa shape index (κ2) is 15.1. The van der Waals surface area contributed by atoms with Crippen molar-refractivity contribution in [3.8, 4) is 33.9 Å². The molecule has 0 saturated carbocycles. The number of ether oxygens (including phenoxy) is 1. The van der Waals surface area contributed by atoms with E-state index in [2.05, 4.69) is 41.0 Å². The van der Waals surface area contributed by atoms with Crippen LogP contribution in [0, 0.1) is 0 Å². The highest BCUT2D eigenvalue weighted by Crippen LogP contribution is 2.27. The summed E-state index contributed by atoms with van der Waals surface area (Å²) in [7, 11) is 1.34. The van der Waals surface area contributed by atoms with E-state index < -0.39 is 11.9 Å². The number of hydrogen-bond donors (Lipinski definition) is 1. The monoisotopic (exact) mass is 700 g/mol. The van der Waals surface area contributed by atoms with Crippen LogP contribution >= 0.6 is 23.2 Å². The maximum atomic E-state index is 12.1. The zero-order valence-electron chi connectivity index (χ0n) is 27.0. The molecule has 4 aromatic heterocycles. The van der Waals surface area contributed by atoms with Crippen LogP contribution in [0.15, 0.2) is 73.1 Å². The second-order valence-electron chi connectivity index (χ2n) is 11.3. The summed E-state index contributed by atoms with van der Waals surface area (Å²) in [6.07, 6.45) is 3.07. The van der Waals surface area contributed by atoms with Crippen molar-refractivity contribution < 1.29 is 19.4 Å². The van der Waals surface area contributed by atoms with Crippen molar-refractivity contribution in [3.63, 3.8) is 0 Å². The van der Waals surface area contributed by atoms with E-state index in [9.17, 15) is 14.7 Å². The first kappa shape index (κ1) is 34.7. The van der Waals surface area contributed by atoms with Crippen molar-refractivity contribution in [1.29, 1.82) is 0 Å². The van der Waals surface area contributed by atoms with Gasteiger partial charge in [-0.05, 0) is 81.5 Å². The minimum atomic E-state index is -1.04. The Morgan fingerprint density at radius 2 is 1.14 bits per heavy atom. The molecule has 0 aliphatic heterocycles. The van der Waals surface area contributed by atoms with Crippen LogP contribution < -0.4 is 0 Å². The topological polar surface area (TPSA) is 177 Å². The summed E-state index contributed by atoms with van der Waals surface area (Å²) < 4.78 is 8.00. The van der Waals surface area contributed by atoms with Crippen LogP contribution in [0.3, 0.4) is 0 Å². The number of benzene rings is 2. The van der Waals surface area contributed by atoms with Crippen molar-refractivity contribution in [2.75, 3.05) is 7.11 Å². The molecule has 16 heteroatoms. The van der Waals surface area contributed by atoms with E-state index in [-0.39, 0.29) is 17.4 Å². The highest BCUT2D eigenvalue weighted by Gasteiger charge is 2.18. The number of pyridine rings is 2. The largest absolute Gasteiger partial charge is 0.478 e. The summed E-state index contributed by atoms with van der Waals surface area (Å²) in [5.74, 6) is 0.0616. The van der Waals surface area contributed by atoms with Crippen LogP contribution in [-0.4, -0.2) is 74.5 Å². The zero-order chi connectivity index (χ0) is 35.2. The fraction of sp³-hybridized carbons (Fsp3) is 0.212. The Hall–Kier alpha value is -5.60. The quantitative estimate of drug-likeness (QED) is 0.171. The molecule has 0 aliphatic rings. The summed E-state index contributed by atoms with van der Waals surface area (Å²) in [6.45, 7) is 7.91. The summed E-state index contributed by atoms with van der Waals surface area (Å²) in [5.41, 5.74) is 4.41. The number of aromatic carboxylic acids is 1. The fourth-order valence-corrected chi connectivity index (χ4v) is 4.91.